The molecule has 0 fully saturated rings. The summed E-state index contributed by atoms with van der Waals surface area (Å²) in [6.07, 6.45) is 3.80. The Labute approximate surface area is 141 Å². The summed E-state index contributed by atoms with van der Waals surface area (Å²) in [5.41, 5.74) is 1.37. The zero-order valence-electron chi connectivity index (χ0n) is 15.0. The van der Waals surface area contributed by atoms with Crippen molar-refractivity contribution in [2.24, 2.45) is 11.8 Å². The van der Waals surface area contributed by atoms with E-state index in [1.165, 1.54) is 24.8 Å². The van der Waals surface area contributed by atoms with Crippen LogP contribution < -0.4 is 4.74 Å². The molecule has 1 heteroatoms. The fourth-order valence-electron chi connectivity index (χ4n) is 2.88. The topological polar surface area (TPSA) is 9.23 Å². The molecule has 23 heavy (non-hydrogen) atoms. The third kappa shape index (κ3) is 5.42. The van der Waals surface area contributed by atoms with Crippen molar-refractivity contribution in [2.75, 3.05) is 0 Å². The lowest BCUT2D eigenvalue weighted by Gasteiger charge is -2.20. The van der Waals surface area contributed by atoms with Gasteiger partial charge in [0.2, 0.25) is 0 Å². The van der Waals surface area contributed by atoms with Crippen LogP contribution in [0.25, 0.3) is 0 Å². The Morgan fingerprint density at radius 2 is 1.48 bits per heavy atom. The molecule has 0 spiro atoms. The summed E-state index contributed by atoms with van der Waals surface area (Å²) in [7, 11) is 0. The first-order valence-corrected chi connectivity index (χ1v) is 8.93. The summed E-state index contributed by atoms with van der Waals surface area (Å²) in [4.78, 5) is 0. The Kier molecular flexibility index (Phi) is 6.70. The van der Waals surface area contributed by atoms with Crippen molar-refractivity contribution in [3.05, 3.63) is 60.2 Å². The van der Waals surface area contributed by atoms with E-state index in [1.54, 1.807) is 0 Å². The molecule has 0 aromatic heterocycles. The highest BCUT2D eigenvalue weighted by atomic mass is 16.5. The van der Waals surface area contributed by atoms with Gasteiger partial charge in [0.25, 0.3) is 0 Å². The number of rotatable bonds is 8. The standard InChI is InChI=1S/C22H30O/c1-5-17(2)18(3)14-15-19(4)20-10-9-13-22(16-20)23-21-11-7-6-8-12-21/h6-13,16-19H,5,14-15H2,1-4H3. The van der Waals surface area contributed by atoms with Gasteiger partial charge in [-0.15, -0.1) is 0 Å². The minimum atomic E-state index is 0.570. The summed E-state index contributed by atoms with van der Waals surface area (Å²) in [6, 6.07) is 18.5. The van der Waals surface area contributed by atoms with Crippen LogP contribution in [0.4, 0.5) is 0 Å². The quantitative estimate of drug-likeness (QED) is 0.508. The van der Waals surface area contributed by atoms with Gasteiger partial charge in [-0.25, -0.2) is 0 Å². The Bertz CT molecular complexity index is 576. The second kappa shape index (κ2) is 8.76. The highest BCUT2D eigenvalue weighted by molar-refractivity contribution is 5.35. The Hall–Kier alpha value is -1.76. The highest BCUT2D eigenvalue weighted by Gasteiger charge is 2.13. The van der Waals surface area contributed by atoms with Crippen LogP contribution in [0.5, 0.6) is 11.5 Å². The van der Waals surface area contributed by atoms with Crippen molar-refractivity contribution in [1.82, 2.24) is 0 Å². The third-order valence-electron chi connectivity index (χ3n) is 5.08. The van der Waals surface area contributed by atoms with Gasteiger partial charge in [-0.05, 0) is 60.4 Å². The molecule has 3 atom stereocenters. The molecule has 2 aromatic rings. The molecule has 0 aliphatic heterocycles. The van der Waals surface area contributed by atoms with Crippen LogP contribution in [-0.2, 0) is 0 Å². The zero-order chi connectivity index (χ0) is 16.7. The van der Waals surface area contributed by atoms with E-state index >= 15 is 0 Å². The van der Waals surface area contributed by atoms with Crippen LogP contribution in [0.15, 0.2) is 54.6 Å². The van der Waals surface area contributed by atoms with Crippen LogP contribution in [0.1, 0.15) is 58.4 Å². The number of hydrogen-bond acceptors (Lipinski definition) is 1. The predicted octanol–water partition coefficient (Wildman–Crippen LogP) is 7.04. The van der Waals surface area contributed by atoms with E-state index in [0.717, 1.165) is 23.3 Å². The molecule has 0 aliphatic carbocycles. The van der Waals surface area contributed by atoms with Gasteiger partial charge >= 0.3 is 0 Å². The van der Waals surface area contributed by atoms with Crippen molar-refractivity contribution in [1.29, 1.82) is 0 Å². The lowest BCUT2D eigenvalue weighted by atomic mass is 9.85. The second-order valence-electron chi connectivity index (χ2n) is 6.83. The normalized spacial score (nSPS) is 15.0. The number of ether oxygens (including phenoxy) is 1. The molecule has 0 amide bonds. The van der Waals surface area contributed by atoms with E-state index in [2.05, 4.69) is 45.9 Å². The third-order valence-corrected chi connectivity index (χ3v) is 5.08. The largest absolute Gasteiger partial charge is 0.457 e. The van der Waals surface area contributed by atoms with Crippen LogP contribution in [0, 0.1) is 11.8 Å². The van der Waals surface area contributed by atoms with Crippen LogP contribution in [0.3, 0.4) is 0 Å². The molecule has 2 aromatic carbocycles. The monoisotopic (exact) mass is 310 g/mol. The SMILES string of the molecule is CCC(C)C(C)CCC(C)c1cccc(Oc2ccccc2)c1. The zero-order valence-corrected chi connectivity index (χ0v) is 15.0. The molecular formula is C22H30O. The van der Waals surface area contributed by atoms with E-state index in [0.29, 0.717) is 5.92 Å². The van der Waals surface area contributed by atoms with E-state index in [9.17, 15) is 0 Å². The van der Waals surface area contributed by atoms with Crippen LogP contribution in [-0.4, -0.2) is 0 Å². The van der Waals surface area contributed by atoms with Crippen molar-refractivity contribution < 1.29 is 4.74 Å². The lowest BCUT2D eigenvalue weighted by molar-refractivity contribution is 0.339. The minimum Gasteiger partial charge on any atom is -0.457 e. The average Bonchev–Trinajstić information content (AvgIpc) is 2.59. The molecule has 124 valence electrons. The summed E-state index contributed by atoms with van der Waals surface area (Å²) < 4.78 is 5.95. The van der Waals surface area contributed by atoms with Gasteiger partial charge in [0.1, 0.15) is 11.5 Å². The van der Waals surface area contributed by atoms with Crippen molar-refractivity contribution in [2.45, 2.75) is 52.9 Å². The number of hydrogen-bond donors (Lipinski definition) is 0. The Morgan fingerprint density at radius 1 is 0.783 bits per heavy atom. The van der Waals surface area contributed by atoms with E-state index < -0.39 is 0 Å². The molecule has 0 saturated heterocycles. The summed E-state index contributed by atoms with van der Waals surface area (Å²) in [6.45, 7) is 9.36. The van der Waals surface area contributed by atoms with Gasteiger partial charge in [-0.2, -0.15) is 0 Å². The van der Waals surface area contributed by atoms with Crippen LogP contribution in [0.2, 0.25) is 0 Å². The van der Waals surface area contributed by atoms with Gasteiger partial charge in [0, 0.05) is 0 Å². The Balaban J connectivity index is 1.96. The van der Waals surface area contributed by atoms with Gasteiger partial charge in [-0.1, -0.05) is 64.4 Å². The molecule has 1 nitrogen and oxygen atoms in total. The van der Waals surface area contributed by atoms with Crippen molar-refractivity contribution in [3.8, 4) is 11.5 Å². The second-order valence-corrected chi connectivity index (χ2v) is 6.83. The smallest absolute Gasteiger partial charge is 0.127 e. The first kappa shape index (κ1) is 17.6. The predicted molar refractivity (Wildman–Crippen MR) is 99.2 cm³/mol. The first-order chi connectivity index (χ1) is 11.1. The molecule has 0 radical (unpaired) electrons. The van der Waals surface area contributed by atoms with E-state index in [1.807, 2.05) is 36.4 Å². The van der Waals surface area contributed by atoms with Gasteiger partial charge in [0.05, 0.1) is 0 Å². The highest BCUT2D eigenvalue weighted by Crippen LogP contribution is 2.30. The van der Waals surface area contributed by atoms with Crippen molar-refractivity contribution >= 4 is 0 Å². The van der Waals surface area contributed by atoms with Gasteiger partial charge in [0.15, 0.2) is 0 Å². The van der Waals surface area contributed by atoms with Gasteiger partial charge in [-0.3, -0.25) is 0 Å². The molecule has 0 heterocycles. The minimum absolute atomic E-state index is 0.570. The lowest BCUT2D eigenvalue weighted by Crippen LogP contribution is -2.08. The molecular weight excluding hydrogens is 280 g/mol. The summed E-state index contributed by atoms with van der Waals surface area (Å²) in [5.74, 6) is 4.00. The molecule has 0 bridgehead atoms. The maximum absolute atomic E-state index is 5.95. The Morgan fingerprint density at radius 3 is 2.17 bits per heavy atom. The first-order valence-electron chi connectivity index (χ1n) is 8.93. The molecule has 3 unspecified atom stereocenters. The molecule has 0 saturated carbocycles. The average molecular weight is 310 g/mol. The van der Waals surface area contributed by atoms with E-state index in [4.69, 9.17) is 4.74 Å². The summed E-state index contributed by atoms with van der Waals surface area (Å²) >= 11 is 0. The van der Waals surface area contributed by atoms with E-state index in [-0.39, 0.29) is 0 Å². The maximum Gasteiger partial charge on any atom is 0.127 e. The van der Waals surface area contributed by atoms with Crippen LogP contribution >= 0.6 is 0 Å². The fraction of sp³-hybridized carbons (Fsp3) is 0.455. The molecule has 2 rings (SSSR count). The molecule has 0 N–H and O–H groups in total. The number of para-hydroxylation sites is 1. The molecule has 0 aliphatic rings. The maximum atomic E-state index is 5.95. The fourth-order valence-corrected chi connectivity index (χ4v) is 2.88. The number of benzene rings is 2. The van der Waals surface area contributed by atoms with Gasteiger partial charge < -0.3 is 4.74 Å². The summed E-state index contributed by atoms with van der Waals surface area (Å²) in [5, 5.41) is 0. The van der Waals surface area contributed by atoms with Crippen molar-refractivity contribution in [3.63, 3.8) is 0 Å².